The Morgan fingerprint density at radius 3 is 2.47 bits per heavy atom. The standard InChI is InChI=1S/C14H26N2O2.ClH/c15-14(7-2-1-3-8-14)13(17)16-9-4-12-5-10-18-11-6-12;/h12H,1-11,15H2,(H,16,17);1H. The second-order valence-electron chi connectivity index (χ2n) is 5.82. The molecule has 3 N–H and O–H groups in total. The average molecular weight is 291 g/mol. The van der Waals surface area contributed by atoms with Gasteiger partial charge in [0.1, 0.15) is 0 Å². The Kier molecular flexibility index (Phi) is 7.11. The molecule has 2 fully saturated rings. The molecule has 1 aliphatic heterocycles. The number of nitrogens with one attached hydrogen (secondary N) is 1. The first-order chi connectivity index (χ1) is 8.71. The third-order valence-electron chi connectivity index (χ3n) is 4.38. The minimum absolute atomic E-state index is 0. The first-order valence-corrected chi connectivity index (χ1v) is 7.36. The largest absolute Gasteiger partial charge is 0.381 e. The van der Waals surface area contributed by atoms with Gasteiger partial charge in [-0.15, -0.1) is 12.4 Å². The third-order valence-corrected chi connectivity index (χ3v) is 4.38. The van der Waals surface area contributed by atoms with E-state index in [0.29, 0.717) is 5.92 Å². The molecule has 19 heavy (non-hydrogen) atoms. The number of carbonyl (C=O) groups is 1. The fraction of sp³-hybridized carbons (Fsp3) is 0.929. The summed E-state index contributed by atoms with van der Waals surface area (Å²) in [7, 11) is 0. The molecular weight excluding hydrogens is 264 g/mol. The molecule has 0 aromatic rings. The molecule has 0 atom stereocenters. The molecule has 0 unspecified atom stereocenters. The SMILES string of the molecule is Cl.NC1(C(=O)NCCC2CCOCC2)CCCCC1. The number of amides is 1. The van der Waals surface area contributed by atoms with Gasteiger partial charge in [0, 0.05) is 19.8 Å². The van der Waals surface area contributed by atoms with Crippen LogP contribution in [0.4, 0.5) is 0 Å². The second-order valence-corrected chi connectivity index (χ2v) is 5.82. The van der Waals surface area contributed by atoms with Gasteiger partial charge in [-0.25, -0.2) is 0 Å². The van der Waals surface area contributed by atoms with Crippen molar-refractivity contribution in [2.75, 3.05) is 19.8 Å². The molecule has 0 radical (unpaired) electrons. The predicted octanol–water partition coefficient (Wildman–Crippen LogP) is 2.00. The molecule has 2 aliphatic rings. The number of carbonyl (C=O) groups excluding carboxylic acids is 1. The Balaban J connectivity index is 0.00000180. The van der Waals surface area contributed by atoms with E-state index in [0.717, 1.165) is 64.7 Å². The fourth-order valence-corrected chi connectivity index (χ4v) is 3.01. The topological polar surface area (TPSA) is 64.4 Å². The van der Waals surface area contributed by atoms with Crippen molar-refractivity contribution in [1.82, 2.24) is 5.32 Å². The maximum Gasteiger partial charge on any atom is 0.240 e. The van der Waals surface area contributed by atoms with Crippen LogP contribution in [0.2, 0.25) is 0 Å². The molecule has 0 spiro atoms. The number of rotatable bonds is 4. The van der Waals surface area contributed by atoms with Crippen LogP contribution in [-0.2, 0) is 9.53 Å². The molecule has 4 nitrogen and oxygen atoms in total. The Hall–Kier alpha value is -0.320. The fourth-order valence-electron chi connectivity index (χ4n) is 3.01. The lowest BCUT2D eigenvalue weighted by molar-refractivity contribution is -0.127. The summed E-state index contributed by atoms with van der Waals surface area (Å²) in [6.07, 6.45) is 8.40. The molecule has 1 saturated heterocycles. The van der Waals surface area contributed by atoms with Crippen LogP contribution in [0.5, 0.6) is 0 Å². The lowest BCUT2D eigenvalue weighted by atomic mass is 9.82. The van der Waals surface area contributed by atoms with Gasteiger partial charge in [0.05, 0.1) is 5.54 Å². The van der Waals surface area contributed by atoms with E-state index in [2.05, 4.69) is 5.32 Å². The van der Waals surface area contributed by atoms with Crippen LogP contribution >= 0.6 is 12.4 Å². The van der Waals surface area contributed by atoms with Gasteiger partial charge in [0.2, 0.25) is 5.91 Å². The van der Waals surface area contributed by atoms with Crippen LogP contribution in [0.1, 0.15) is 51.4 Å². The van der Waals surface area contributed by atoms with Crippen molar-refractivity contribution in [1.29, 1.82) is 0 Å². The van der Waals surface area contributed by atoms with E-state index in [9.17, 15) is 4.79 Å². The minimum Gasteiger partial charge on any atom is -0.381 e. The Morgan fingerprint density at radius 1 is 1.21 bits per heavy atom. The molecule has 5 heteroatoms. The summed E-state index contributed by atoms with van der Waals surface area (Å²) in [5, 5.41) is 3.04. The summed E-state index contributed by atoms with van der Waals surface area (Å²) in [6, 6.07) is 0. The summed E-state index contributed by atoms with van der Waals surface area (Å²) in [5.41, 5.74) is 5.60. The maximum atomic E-state index is 12.1. The van der Waals surface area contributed by atoms with Gasteiger partial charge in [-0.05, 0) is 38.0 Å². The molecule has 0 bridgehead atoms. The molecule has 112 valence electrons. The lowest BCUT2D eigenvalue weighted by Gasteiger charge is -2.32. The van der Waals surface area contributed by atoms with E-state index in [4.69, 9.17) is 10.5 Å². The molecule has 1 saturated carbocycles. The van der Waals surface area contributed by atoms with Crippen molar-refractivity contribution in [3.8, 4) is 0 Å². The molecule has 1 amide bonds. The highest BCUT2D eigenvalue weighted by atomic mass is 35.5. The minimum atomic E-state index is -0.589. The van der Waals surface area contributed by atoms with Crippen LogP contribution in [0.15, 0.2) is 0 Å². The summed E-state index contributed by atoms with van der Waals surface area (Å²) >= 11 is 0. The maximum absolute atomic E-state index is 12.1. The van der Waals surface area contributed by atoms with Crippen LogP contribution < -0.4 is 11.1 Å². The summed E-state index contributed by atoms with van der Waals surface area (Å²) in [6.45, 7) is 2.52. The van der Waals surface area contributed by atoms with Crippen molar-refractivity contribution in [2.24, 2.45) is 11.7 Å². The Morgan fingerprint density at radius 2 is 1.84 bits per heavy atom. The Bertz CT molecular complexity index is 275. The molecule has 2 rings (SSSR count). The van der Waals surface area contributed by atoms with E-state index in [1.54, 1.807) is 0 Å². The molecule has 1 aliphatic carbocycles. The van der Waals surface area contributed by atoms with E-state index in [1.165, 1.54) is 6.42 Å². The van der Waals surface area contributed by atoms with Crippen LogP contribution in [0.25, 0.3) is 0 Å². The predicted molar refractivity (Wildman–Crippen MR) is 78.4 cm³/mol. The molecular formula is C14H27ClN2O2. The zero-order valence-corrected chi connectivity index (χ0v) is 12.5. The third kappa shape index (κ3) is 4.93. The van der Waals surface area contributed by atoms with Crippen LogP contribution in [0, 0.1) is 5.92 Å². The highest BCUT2D eigenvalue weighted by molar-refractivity contribution is 5.86. The summed E-state index contributed by atoms with van der Waals surface area (Å²) in [4.78, 5) is 12.1. The van der Waals surface area contributed by atoms with Gasteiger partial charge in [-0.2, -0.15) is 0 Å². The highest BCUT2D eigenvalue weighted by Gasteiger charge is 2.34. The lowest BCUT2D eigenvalue weighted by Crippen LogP contribution is -2.55. The van der Waals surface area contributed by atoms with Crippen LogP contribution in [0.3, 0.4) is 0 Å². The number of nitrogens with two attached hydrogens (primary N) is 1. The van der Waals surface area contributed by atoms with E-state index in [1.807, 2.05) is 0 Å². The number of hydrogen-bond donors (Lipinski definition) is 2. The van der Waals surface area contributed by atoms with Gasteiger partial charge in [-0.1, -0.05) is 19.3 Å². The van der Waals surface area contributed by atoms with Gasteiger partial charge in [0.25, 0.3) is 0 Å². The van der Waals surface area contributed by atoms with Crippen molar-refractivity contribution in [3.63, 3.8) is 0 Å². The zero-order valence-electron chi connectivity index (χ0n) is 11.7. The zero-order chi connectivity index (χ0) is 12.8. The molecule has 0 aromatic carbocycles. The van der Waals surface area contributed by atoms with Crippen molar-refractivity contribution in [2.45, 2.75) is 56.9 Å². The first-order valence-electron chi connectivity index (χ1n) is 7.36. The van der Waals surface area contributed by atoms with E-state index in [-0.39, 0.29) is 18.3 Å². The molecule has 1 heterocycles. The van der Waals surface area contributed by atoms with Crippen molar-refractivity contribution in [3.05, 3.63) is 0 Å². The van der Waals surface area contributed by atoms with Crippen molar-refractivity contribution >= 4 is 18.3 Å². The van der Waals surface area contributed by atoms with Gasteiger partial charge >= 0.3 is 0 Å². The monoisotopic (exact) mass is 290 g/mol. The quantitative estimate of drug-likeness (QED) is 0.832. The van der Waals surface area contributed by atoms with Gasteiger partial charge < -0.3 is 15.8 Å². The smallest absolute Gasteiger partial charge is 0.240 e. The van der Waals surface area contributed by atoms with Gasteiger partial charge in [-0.3, -0.25) is 4.79 Å². The highest BCUT2D eigenvalue weighted by Crippen LogP contribution is 2.26. The van der Waals surface area contributed by atoms with Crippen LogP contribution in [-0.4, -0.2) is 31.2 Å². The summed E-state index contributed by atoms with van der Waals surface area (Å²) in [5.74, 6) is 0.772. The van der Waals surface area contributed by atoms with E-state index >= 15 is 0 Å². The number of hydrogen-bond acceptors (Lipinski definition) is 3. The van der Waals surface area contributed by atoms with Crippen molar-refractivity contribution < 1.29 is 9.53 Å². The first kappa shape index (κ1) is 16.7. The number of ether oxygens (including phenoxy) is 1. The summed E-state index contributed by atoms with van der Waals surface area (Å²) < 4.78 is 5.33. The molecule has 0 aromatic heterocycles. The average Bonchev–Trinajstić information content (AvgIpc) is 2.41. The normalized spacial score (nSPS) is 23.4. The second kappa shape index (κ2) is 8.08. The van der Waals surface area contributed by atoms with Gasteiger partial charge in [0.15, 0.2) is 0 Å². The van der Waals surface area contributed by atoms with E-state index < -0.39 is 5.54 Å². The Labute approximate surface area is 122 Å². The number of halogens is 1.